The normalized spacial score (nSPS) is 14.8. The minimum atomic E-state index is -4.13. The Morgan fingerprint density at radius 3 is 1.39 bits per heavy atom. The molecule has 0 bridgehead atoms. The van der Waals surface area contributed by atoms with E-state index in [0.29, 0.717) is 6.42 Å². The standard InChI is InChI=1S/C18H38O4S/c1-3-4-5-6-7-8-9-10-11-12-13-14-15-16-18(17(2)19)23(20,21)22/h17-19H,3-16H2,1-2H3,(H,20,21,22). The van der Waals surface area contributed by atoms with E-state index in [4.69, 9.17) is 4.55 Å². The van der Waals surface area contributed by atoms with Crippen LogP contribution in [0.5, 0.6) is 0 Å². The van der Waals surface area contributed by atoms with Crippen LogP contribution in [0, 0.1) is 0 Å². The van der Waals surface area contributed by atoms with Gasteiger partial charge in [0.25, 0.3) is 10.1 Å². The summed E-state index contributed by atoms with van der Waals surface area (Å²) >= 11 is 0. The van der Waals surface area contributed by atoms with Gasteiger partial charge in [-0.25, -0.2) is 0 Å². The topological polar surface area (TPSA) is 74.6 Å². The van der Waals surface area contributed by atoms with E-state index >= 15 is 0 Å². The Hall–Kier alpha value is -0.130. The molecule has 2 unspecified atom stereocenters. The molecule has 0 heterocycles. The quantitative estimate of drug-likeness (QED) is 0.300. The lowest BCUT2D eigenvalue weighted by Gasteiger charge is -2.16. The zero-order valence-electron chi connectivity index (χ0n) is 15.2. The van der Waals surface area contributed by atoms with E-state index in [0.717, 1.165) is 19.3 Å². The van der Waals surface area contributed by atoms with Crippen molar-refractivity contribution < 1.29 is 18.1 Å². The second-order valence-electron chi connectivity index (χ2n) is 6.83. The van der Waals surface area contributed by atoms with Crippen molar-refractivity contribution in [3.05, 3.63) is 0 Å². The first-order valence-electron chi connectivity index (χ1n) is 9.54. The summed E-state index contributed by atoms with van der Waals surface area (Å²) in [6.07, 6.45) is 15.4. The first kappa shape index (κ1) is 22.9. The van der Waals surface area contributed by atoms with Crippen LogP contribution in [0.3, 0.4) is 0 Å². The van der Waals surface area contributed by atoms with Gasteiger partial charge in [-0.2, -0.15) is 8.42 Å². The Labute approximate surface area is 143 Å². The third-order valence-corrected chi connectivity index (χ3v) is 5.91. The Bertz CT molecular complexity index is 352. The molecule has 0 saturated heterocycles. The van der Waals surface area contributed by atoms with Crippen LogP contribution in [-0.2, 0) is 10.1 Å². The van der Waals surface area contributed by atoms with E-state index < -0.39 is 21.5 Å². The van der Waals surface area contributed by atoms with Crippen molar-refractivity contribution in [2.45, 2.75) is 115 Å². The Morgan fingerprint density at radius 2 is 1.09 bits per heavy atom. The number of rotatable bonds is 16. The molecule has 0 aromatic heterocycles. The largest absolute Gasteiger partial charge is 0.392 e. The molecule has 0 aliphatic rings. The zero-order chi connectivity index (χ0) is 17.6. The maximum atomic E-state index is 11.1. The molecular formula is C18H38O4S. The second-order valence-corrected chi connectivity index (χ2v) is 8.46. The number of hydrogen-bond acceptors (Lipinski definition) is 3. The zero-order valence-corrected chi connectivity index (χ0v) is 16.0. The Kier molecular flexibility index (Phi) is 14.2. The summed E-state index contributed by atoms with van der Waals surface area (Å²) in [6.45, 7) is 3.66. The number of hydrogen-bond donors (Lipinski definition) is 2. The minimum Gasteiger partial charge on any atom is -0.392 e. The monoisotopic (exact) mass is 350 g/mol. The maximum absolute atomic E-state index is 11.1. The molecule has 2 atom stereocenters. The predicted molar refractivity (Wildman–Crippen MR) is 97.3 cm³/mol. The molecule has 140 valence electrons. The van der Waals surface area contributed by atoms with E-state index in [1.807, 2.05) is 0 Å². The summed E-state index contributed by atoms with van der Waals surface area (Å²) in [5.74, 6) is 0. The molecule has 0 aromatic carbocycles. The lowest BCUT2D eigenvalue weighted by molar-refractivity contribution is 0.178. The second kappa shape index (κ2) is 14.2. The predicted octanol–water partition coefficient (Wildman–Crippen LogP) is 5.10. The SMILES string of the molecule is CCCCCCCCCCCCCCCC(C(C)O)S(=O)(=O)O. The summed E-state index contributed by atoms with van der Waals surface area (Å²) < 4.78 is 31.3. The Balaban J connectivity index is 3.39. The summed E-state index contributed by atoms with van der Waals surface area (Å²) in [7, 11) is -4.13. The van der Waals surface area contributed by atoms with Gasteiger partial charge >= 0.3 is 0 Å². The summed E-state index contributed by atoms with van der Waals surface area (Å²) in [6, 6.07) is 0. The van der Waals surface area contributed by atoms with Crippen LogP contribution in [0.15, 0.2) is 0 Å². The molecule has 0 rings (SSSR count). The molecule has 2 N–H and O–H groups in total. The molecule has 0 radical (unpaired) electrons. The van der Waals surface area contributed by atoms with Crippen molar-refractivity contribution >= 4 is 10.1 Å². The van der Waals surface area contributed by atoms with Crippen LogP contribution in [-0.4, -0.2) is 29.4 Å². The lowest BCUT2D eigenvalue weighted by Crippen LogP contribution is -2.31. The van der Waals surface area contributed by atoms with Gasteiger partial charge in [0.05, 0.1) is 6.10 Å². The van der Waals surface area contributed by atoms with Crippen molar-refractivity contribution in [2.75, 3.05) is 0 Å². The fourth-order valence-corrected chi connectivity index (χ4v) is 3.96. The molecule has 5 heteroatoms. The van der Waals surface area contributed by atoms with Gasteiger partial charge in [0.2, 0.25) is 0 Å². The number of aliphatic hydroxyl groups is 1. The summed E-state index contributed by atoms with van der Waals surface area (Å²) in [4.78, 5) is 0. The molecule has 0 aromatic rings. The fourth-order valence-electron chi connectivity index (χ4n) is 3.00. The molecule has 23 heavy (non-hydrogen) atoms. The van der Waals surface area contributed by atoms with Crippen molar-refractivity contribution in [1.82, 2.24) is 0 Å². The van der Waals surface area contributed by atoms with Crippen LogP contribution in [0.4, 0.5) is 0 Å². The van der Waals surface area contributed by atoms with Gasteiger partial charge in [-0.3, -0.25) is 4.55 Å². The first-order chi connectivity index (χ1) is 10.9. The molecule has 0 saturated carbocycles. The van der Waals surface area contributed by atoms with Crippen LogP contribution in [0.25, 0.3) is 0 Å². The van der Waals surface area contributed by atoms with E-state index in [-0.39, 0.29) is 0 Å². The molecular weight excluding hydrogens is 312 g/mol. The van der Waals surface area contributed by atoms with Gasteiger partial charge < -0.3 is 5.11 Å². The smallest absolute Gasteiger partial charge is 0.270 e. The number of unbranched alkanes of at least 4 members (excludes halogenated alkanes) is 12. The van der Waals surface area contributed by atoms with Crippen molar-refractivity contribution in [1.29, 1.82) is 0 Å². The van der Waals surface area contributed by atoms with Gasteiger partial charge in [-0.15, -0.1) is 0 Å². The highest BCUT2D eigenvalue weighted by molar-refractivity contribution is 7.86. The third-order valence-electron chi connectivity index (χ3n) is 4.51. The fraction of sp³-hybridized carbons (Fsp3) is 1.00. The molecule has 0 aliphatic heterocycles. The molecule has 0 aliphatic carbocycles. The Morgan fingerprint density at radius 1 is 0.739 bits per heavy atom. The highest BCUT2D eigenvalue weighted by Crippen LogP contribution is 2.16. The molecule has 0 spiro atoms. The van der Waals surface area contributed by atoms with E-state index in [2.05, 4.69) is 6.92 Å². The molecule has 0 amide bonds. The molecule has 0 fully saturated rings. The first-order valence-corrected chi connectivity index (χ1v) is 11.0. The highest BCUT2D eigenvalue weighted by atomic mass is 32.2. The average molecular weight is 351 g/mol. The van der Waals surface area contributed by atoms with Crippen molar-refractivity contribution in [3.8, 4) is 0 Å². The highest BCUT2D eigenvalue weighted by Gasteiger charge is 2.27. The van der Waals surface area contributed by atoms with Gasteiger partial charge in [-0.05, 0) is 13.3 Å². The maximum Gasteiger partial charge on any atom is 0.270 e. The third kappa shape index (κ3) is 14.0. The lowest BCUT2D eigenvalue weighted by atomic mass is 10.0. The van der Waals surface area contributed by atoms with Crippen molar-refractivity contribution in [2.24, 2.45) is 0 Å². The average Bonchev–Trinajstić information content (AvgIpc) is 2.46. The van der Waals surface area contributed by atoms with E-state index in [1.165, 1.54) is 71.1 Å². The van der Waals surface area contributed by atoms with Gasteiger partial charge in [0, 0.05) is 0 Å². The summed E-state index contributed by atoms with van der Waals surface area (Å²) in [5.41, 5.74) is 0. The van der Waals surface area contributed by atoms with Gasteiger partial charge in [0.15, 0.2) is 0 Å². The number of aliphatic hydroxyl groups excluding tert-OH is 1. The summed E-state index contributed by atoms with van der Waals surface area (Å²) in [5, 5.41) is 8.37. The van der Waals surface area contributed by atoms with Crippen LogP contribution >= 0.6 is 0 Å². The van der Waals surface area contributed by atoms with Crippen LogP contribution < -0.4 is 0 Å². The molecule has 4 nitrogen and oxygen atoms in total. The van der Waals surface area contributed by atoms with Gasteiger partial charge in [-0.1, -0.05) is 90.4 Å². The van der Waals surface area contributed by atoms with Gasteiger partial charge in [0.1, 0.15) is 5.25 Å². The van der Waals surface area contributed by atoms with Crippen LogP contribution in [0.1, 0.15) is 104 Å². The van der Waals surface area contributed by atoms with Crippen LogP contribution in [0.2, 0.25) is 0 Å². The van der Waals surface area contributed by atoms with E-state index in [1.54, 1.807) is 0 Å². The minimum absolute atomic E-state index is 0.342. The van der Waals surface area contributed by atoms with Crippen molar-refractivity contribution in [3.63, 3.8) is 0 Å². The van der Waals surface area contributed by atoms with E-state index in [9.17, 15) is 13.5 Å².